The SMILES string of the molecule is CC(C)(C)c1ccc(Oc2cccc3c4nc5nc(nc6c7ccccc7c(nc7nc(nc([nH]4)c23)-c2ccccc2-7)n6Oc2ccc(S(=O)(=O)O)cc2)-c2ccccc2-5)cc1. The van der Waals surface area contributed by atoms with E-state index < -0.39 is 10.1 Å². The van der Waals surface area contributed by atoms with Gasteiger partial charge in [-0.1, -0.05) is 118 Å². The number of aromatic nitrogens is 8. The van der Waals surface area contributed by atoms with Gasteiger partial charge in [0.25, 0.3) is 10.1 Å². The number of rotatable bonds is 5. The summed E-state index contributed by atoms with van der Waals surface area (Å²) in [4.78, 5) is 40.6. The molecule has 0 spiro atoms. The van der Waals surface area contributed by atoms with Crippen LogP contribution in [0.25, 0.3) is 89.7 Å². The van der Waals surface area contributed by atoms with Crippen molar-refractivity contribution in [1.29, 1.82) is 0 Å². The van der Waals surface area contributed by atoms with Crippen LogP contribution in [0, 0.1) is 0 Å². The fourth-order valence-corrected chi connectivity index (χ4v) is 8.31. The highest BCUT2D eigenvalue weighted by molar-refractivity contribution is 7.85. The van der Waals surface area contributed by atoms with Crippen LogP contribution in [0.4, 0.5) is 0 Å². The number of hydrogen-bond acceptors (Lipinski definition) is 10. The molecule has 9 aromatic rings. The minimum Gasteiger partial charge on any atom is -0.457 e. The largest absolute Gasteiger partial charge is 0.457 e. The molecule has 14 heteroatoms. The number of aromatic amines is 1. The van der Waals surface area contributed by atoms with Gasteiger partial charge in [0.2, 0.25) is 0 Å². The van der Waals surface area contributed by atoms with Gasteiger partial charge in [-0.25, -0.2) is 29.9 Å². The number of nitrogens with zero attached hydrogens (tertiary/aromatic N) is 7. The van der Waals surface area contributed by atoms with E-state index in [9.17, 15) is 13.0 Å². The van der Waals surface area contributed by atoms with Crippen molar-refractivity contribution in [3.63, 3.8) is 0 Å². The molecule has 0 aliphatic carbocycles. The van der Waals surface area contributed by atoms with Crippen molar-refractivity contribution in [3.05, 3.63) is 145 Å². The van der Waals surface area contributed by atoms with Crippen molar-refractivity contribution in [2.45, 2.75) is 31.1 Å². The first-order valence-electron chi connectivity index (χ1n) is 19.8. The molecule has 302 valence electrons. The van der Waals surface area contributed by atoms with E-state index in [4.69, 9.17) is 39.5 Å². The van der Waals surface area contributed by atoms with Gasteiger partial charge >= 0.3 is 0 Å². The molecule has 0 amide bonds. The Bertz CT molecular complexity index is 3600. The first kappa shape index (κ1) is 37.2. The maximum Gasteiger partial charge on any atom is 0.294 e. The topological polar surface area (TPSA) is 171 Å². The highest BCUT2D eigenvalue weighted by atomic mass is 32.2. The summed E-state index contributed by atoms with van der Waals surface area (Å²) in [5.41, 5.74) is 5.93. The van der Waals surface area contributed by atoms with Crippen LogP contribution in [0.15, 0.2) is 144 Å². The predicted octanol–water partition coefficient (Wildman–Crippen LogP) is 10.5. The number of hydrogen-bond donors (Lipinski definition) is 2. The highest BCUT2D eigenvalue weighted by Crippen LogP contribution is 2.40. The van der Waals surface area contributed by atoms with E-state index >= 15 is 0 Å². The first-order chi connectivity index (χ1) is 30.0. The molecule has 0 saturated heterocycles. The smallest absolute Gasteiger partial charge is 0.294 e. The Kier molecular flexibility index (Phi) is 8.33. The summed E-state index contributed by atoms with van der Waals surface area (Å²) in [5.74, 6) is 3.11. The molecule has 0 fully saturated rings. The van der Waals surface area contributed by atoms with E-state index in [2.05, 4.69) is 37.9 Å². The molecule has 8 bridgehead atoms. The van der Waals surface area contributed by atoms with E-state index in [1.807, 2.05) is 103 Å². The van der Waals surface area contributed by atoms with Crippen molar-refractivity contribution in [2.75, 3.05) is 0 Å². The lowest BCUT2D eigenvalue weighted by Gasteiger charge is -2.19. The van der Waals surface area contributed by atoms with E-state index in [0.717, 1.165) is 27.6 Å². The Hall–Kier alpha value is -7.81. The fraction of sp³-hybridized carbons (Fsp3) is 0.0833. The van der Waals surface area contributed by atoms with Crippen molar-refractivity contribution < 1.29 is 22.5 Å². The summed E-state index contributed by atoms with van der Waals surface area (Å²) in [6.45, 7) is 6.53. The molecule has 0 saturated carbocycles. The van der Waals surface area contributed by atoms with E-state index in [-0.39, 0.29) is 16.1 Å². The zero-order chi connectivity index (χ0) is 42.3. The lowest BCUT2D eigenvalue weighted by atomic mass is 9.87. The Morgan fingerprint density at radius 2 is 1.02 bits per heavy atom. The molecule has 62 heavy (non-hydrogen) atoms. The monoisotopic (exact) mass is 834 g/mol. The van der Waals surface area contributed by atoms with Crippen LogP contribution in [0.1, 0.15) is 26.3 Å². The van der Waals surface area contributed by atoms with Gasteiger partial charge in [0.1, 0.15) is 22.8 Å². The number of nitrogens with one attached hydrogen (secondary N) is 1. The average Bonchev–Trinajstić information content (AvgIpc) is 3.99. The minimum atomic E-state index is -4.44. The molecule has 0 radical (unpaired) electrons. The quantitative estimate of drug-likeness (QED) is 0.158. The second-order valence-electron chi connectivity index (χ2n) is 16.0. The van der Waals surface area contributed by atoms with Gasteiger partial charge in [-0.05, 0) is 53.4 Å². The molecule has 3 aromatic heterocycles. The zero-order valence-electron chi connectivity index (χ0n) is 33.4. The Balaban J connectivity index is 1.24. The number of benzene rings is 6. The molecule has 6 aromatic carbocycles. The van der Waals surface area contributed by atoms with Crippen LogP contribution >= 0.6 is 0 Å². The third-order valence-corrected chi connectivity index (χ3v) is 11.8. The molecular formula is C48H34N8O5S. The third-order valence-electron chi connectivity index (χ3n) is 10.9. The lowest BCUT2D eigenvalue weighted by molar-refractivity contribution is 0.237. The highest BCUT2D eigenvalue weighted by Gasteiger charge is 2.25. The first-order valence-corrected chi connectivity index (χ1v) is 21.2. The van der Waals surface area contributed by atoms with Crippen molar-refractivity contribution in [1.82, 2.24) is 39.6 Å². The standard InChI is InChI=1S/C48H34N8O5S/c1-48(2,3)27-19-21-28(22-20-27)60-38-18-10-17-37-39(38)45-52-41-32-12-5-7-14-34(32)43(50-41)55-47-36-16-9-8-15-35(36)46(56(47)61-29-23-25-30(26-24-29)62(57,58)59)54-42-33-13-6-4-11-31(33)40(49-42)51-44(37)53-45/h4-26H,1-3H3,(H,57,58,59)(H,49,50,51,52,53,54,55). The molecule has 0 atom stereocenters. The van der Waals surface area contributed by atoms with E-state index in [0.29, 0.717) is 73.5 Å². The van der Waals surface area contributed by atoms with Gasteiger partial charge in [-0.2, -0.15) is 8.42 Å². The Morgan fingerprint density at radius 3 is 1.55 bits per heavy atom. The summed E-state index contributed by atoms with van der Waals surface area (Å²) in [6, 6.07) is 42.4. The lowest BCUT2D eigenvalue weighted by Crippen LogP contribution is -2.10. The maximum absolute atomic E-state index is 11.9. The van der Waals surface area contributed by atoms with Crippen LogP contribution < -0.4 is 9.57 Å². The van der Waals surface area contributed by atoms with Gasteiger partial charge < -0.3 is 14.6 Å². The molecule has 0 unspecified atom stereocenters. The molecule has 2 aliphatic heterocycles. The number of H-pyrrole nitrogens is 1. The minimum absolute atomic E-state index is 0.0143. The van der Waals surface area contributed by atoms with Gasteiger partial charge in [0, 0.05) is 38.4 Å². The molecule has 5 heterocycles. The third kappa shape index (κ3) is 6.31. The fourth-order valence-electron chi connectivity index (χ4n) is 7.83. The van der Waals surface area contributed by atoms with E-state index in [1.54, 1.807) is 0 Å². The van der Waals surface area contributed by atoms with E-state index in [1.165, 1.54) is 34.6 Å². The number of ether oxygens (including phenoxy) is 1. The maximum atomic E-state index is 11.9. The molecule has 11 rings (SSSR count). The van der Waals surface area contributed by atoms with Gasteiger partial charge in [0.15, 0.2) is 40.3 Å². The molecule has 2 aliphatic rings. The van der Waals surface area contributed by atoms with Crippen molar-refractivity contribution >= 4 is 54.3 Å². The summed E-state index contributed by atoms with van der Waals surface area (Å²) < 4.78 is 41.6. The Labute approximate surface area is 354 Å². The summed E-state index contributed by atoms with van der Waals surface area (Å²) >= 11 is 0. The molecule has 2 N–H and O–H groups in total. The normalized spacial score (nSPS) is 12.3. The van der Waals surface area contributed by atoms with Gasteiger partial charge in [0.05, 0.1) is 10.3 Å². The predicted molar refractivity (Wildman–Crippen MR) is 237 cm³/mol. The van der Waals surface area contributed by atoms with Crippen LogP contribution in [0.5, 0.6) is 17.2 Å². The molecule has 13 nitrogen and oxygen atoms in total. The van der Waals surface area contributed by atoms with Crippen LogP contribution in [0.3, 0.4) is 0 Å². The summed E-state index contributed by atoms with van der Waals surface area (Å²) in [5, 5.41) is 2.88. The summed E-state index contributed by atoms with van der Waals surface area (Å²) in [7, 11) is -4.44. The average molecular weight is 835 g/mol. The van der Waals surface area contributed by atoms with Gasteiger partial charge in [-0.3, -0.25) is 4.55 Å². The molecular weight excluding hydrogens is 801 g/mol. The number of fused-ring (bicyclic) bond motifs is 20. The van der Waals surface area contributed by atoms with Crippen molar-refractivity contribution in [3.8, 4) is 62.8 Å². The zero-order valence-corrected chi connectivity index (χ0v) is 34.2. The second-order valence-corrected chi connectivity index (χ2v) is 17.4. The van der Waals surface area contributed by atoms with Crippen LogP contribution in [0.2, 0.25) is 0 Å². The van der Waals surface area contributed by atoms with Gasteiger partial charge in [-0.15, -0.1) is 4.73 Å². The second kappa shape index (κ2) is 13.9. The summed E-state index contributed by atoms with van der Waals surface area (Å²) in [6.07, 6.45) is 0. The Morgan fingerprint density at radius 1 is 0.532 bits per heavy atom. The van der Waals surface area contributed by atoms with Crippen molar-refractivity contribution in [2.24, 2.45) is 0 Å². The van der Waals surface area contributed by atoms with Crippen LogP contribution in [-0.4, -0.2) is 52.6 Å². The van der Waals surface area contributed by atoms with Crippen LogP contribution in [-0.2, 0) is 15.5 Å².